The fourth-order valence-electron chi connectivity index (χ4n) is 1.53. The highest BCUT2D eigenvalue weighted by atomic mass is 32.2. The average molecular weight is 307 g/mol. The third kappa shape index (κ3) is 3.53. The zero-order chi connectivity index (χ0) is 14.6. The van der Waals surface area contributed by atoms with Gasteiger partial charge < -0.3 is 9.84 Å². The molecule has 0 amide bonds. The summed E-state index contributed by atoms with van der Waals surface area (Å²) in [6.45, 7) is 3.06. The molecule has 0 spiro atoms. The molecule has 0 saturated carbocycles. The molecule has 0 aliphatic heterocycles. The summed E-state index contributed by atoms with van der Waals surface area (Å²) < 4.78 is 31.5. The van der Waals surface area contributed by atoms with Crippen LogP contribution >= 0.6 is 11.3 Å². The lowest BCUT2D eigenvalue weighted by Crippen LogP contribution is -2.37. The minimum atomic E-state index is -3.86. The number of thiophene rings is 1. The first-order chi connectivity index (χ1) is 8.87. The molecule has 0 aromatic carbocycles. The first kappa shape index (κ1) is 16.1. The van der Waals surface area contributed by atoms with Gasteiger partial charge in [-0.1, -0.05) is 6.92 Å². The summed E-state index contributed by atoms with van der Waals surface area (Å²) in [6, 6.07) is -0.574. The predicted octanol–water partition coefficient (Wildman–Crippen LogP) is 0.892. The van der Waals surface area contributed by atoms with Gasteiger partial charge >= 0.3 is 5.97 Å². The standard InChI is InChI=1S/C11H17NO5S2/c1-4-8(5-13)12-19(15,16)10-7(2)6-18-9(10)11(14)17-3/h6,8,12-13H,4-5H2,1-3H3/t8-/m0/s1. The number of rotatable bonds is 6. The quantitative estimate of drug-likeness (QED) is 0.762. The van der Waals surface area contributed by atoms with Crippen molar-refractivity contribution >= 4 is 27.3 Å². The maximum Gasteiger partial charge on any atom is 0.349 e. The van der Waals surface area contributed by atoms with Crippen LogP contribution in [0.3, 0.4) is 0 Å². The topological polar surface area (TPSA) is 92.7 Å². The summed E-state index contributed by atoms with van der Waals surface area (Å²) in [6.07, 6.45) is 0.451. The molecule has 0 aliphatic carbocycles. The molecule has 0 bridgehead atoms. The molecule has 0 aliphatic rings. The molecular formula is C11H17NO5S2. The molecule has 1 atom stereocenters. The Balaban J connectivity index is 3.21. The van der Waals surface area contributed by atoms with Crippen molar-refractivity contribution in [1.29, 1.82) is 0 Å². The average Bonchev–Trinajstić information content (AvgIpc) is 2.77. The molecule has 6 nitrogen and oxygen atoms in total. The van der Waals surface area contributed by atoms with Gasteiger partial charge in [-0.15, -0.1) is 11.3 Å². The Bertz CT molecular complexity index is 545. The summed E-state index contributed by atoms with van der Waals surface area (Å²) in [5, 5.41) is 10.6. The second-order valence-electron chi connectivity index (χ2n) is 3.98. The molecule has 8 heteroatoms. The SMILES string of the molecule is CC[C@@H](CO)NS(=O)(=O)c1c(C)csc1C(=O)OC. The normalized spacial score (nSPS) is 13.3. The fourth-order valence-corrected chi connectivity index (χ4v) is 4.55. The molecule has 108 valence electrons. The van der Waals surface area contributed by atoms with Crippen LogP contribution in [0.5, 0.6) is 0 Å². The number of ether oxygens (including phenoxy) is 1. The summed E-state index contributed by atoms with van der Waals surface area (Å²) in [5.41, 5.74) is 0.477. The number of hydrogen-bond acceptors (Lipinski definition) is 6. The Labute approximate surface area is 116 Å². The number of sulfonamides is 1. The van der Waals surface area contributed by atoms with E-state index in [1.54, 1.807) is 19.2 Å². The lowest BCUT2D eigenvalue weighted by molar-refractivity contribution is 0.0602. The second-order valence-corrected chi connectivity index (χ2v) is 6.51. The molecule has 1 rings (SSSR count). The first-order valence-corrected chi connectivity index (χ1v) is 8.03. The number of aliphatic hydroxyl groups excluding tert-OH is 1. The molecule has 0 unspecified atom stereocenters. The van der Waals surface area contributed by atoms with E-state index in [1.807, 2.05) is 0 Å². The number of esters is 1. The number of aliphatic hydroxyl groups is 1. The van der Waals surface area contributed by atoms with E-state index in [-0.39, 0.29) is 16.4 Å². The van der Waals surface area contributed by atoms with Crippen LogP contribution < -0.4 is 4.72 Å². The van der Waals surface area contributed by atoms with Crippen molar-refractivity contribution in [2.45, 2.75) is 31.2 Å². The Morgan fingerprint density at radius 1 is 1.58 bits per heavy atom. The van der Waals surface area contributed by atoms with E-state index in [0.29, 0.717) is 12.0 Å². The van der Waals surface area contributed by atoms with E-state index in [1.165, 1.54) is 7.11 Å². The minimum absolute atomic E-state index is 0.0419. The molecule has 19 heavy (non-hydrogen) atoms. The maximum atomic E-state index is 12.3. The smallest absolute Gasteiger partial charge is 0.349 e. The van der Waals surface area contributed by atoms with Crippen LogP contribution in [0.4, 0.5) is 0 Å². The largest absolute Gasteiger partial charge is 0.465 e. The van der Waals surface area contributed by atoms with Gasteiger partial charge in [-0.2, -0.15) is 0 Å². The molecule has 1 aromatic heterocycles. The van der Waals surface area contributed by atoms with Gasteiger partial charge in [-0.25, -0.2) is 17.9 Å². The minimum Gasteiger partial charge on any atom is -0.465 e. The summed E-state index contributed by atoms with van der Waals surface area (Å²) in [5.74, 6) is -0.685. The second kappa shape index (κ2) is 6.47. The zero-order valence-electron chi connectivity index (χ0n) is 11.0. The van der Waals surface area contributed by atoms with Gasteiger partial charge in [0.25, 0.3) is 0 Å². The van der Waals surface area contributed by atoms with E-state index in [4.69, 9.17) is 5.11 Å². The van der Waals surface area contributed by atoms with Crippen LogP contribution in [0.2, 0.25) is 0 Å². The van der Waals surface area contributed by atoms with Gasteiger partial charge in [0.1, 0.15) is 9.77 Å². The summed E-state index contributed by atoms with van der Waals surface area (Å²) in [7, 11) is -2.66. The predicted molar refractivity (Wildman–Crippen MR) is 71.9 cm³/mol. The van der Waals surface area contributed by atoms with Crippen LogP contribution in [-0.4, -0.2) is 39.3 Å². The van der Waals surface area contributed by atoms with Crippen LogP contribution in [0, 0.1) is 6.92 Å². The number of methoxy groups -OCH3 is 1. The first-order valence-electron chi connectivity index (χ1n) is 5.67. The zero-order valence-corrected chi connectivity index (χ0v) is 12.6. The van der Waals surface area contributed by atoms with Crippen LogP contribution in [0.1, 0.15) is 28.6 Å². The van der Waals surface area contributed by atoms with E-state index in [2.05, 4.69) is 9.46 Å². The van der Waals surface area contributed by atoms with Crippen LogP contribution in [0.15, 0.2) is 10.3 Å². The highest BCUT2D eigenvalue weighted by molar-refractivity contribution is 7.89. The lowest BCUT2D eigenvalue weighted by atomic mass is 10.3. The van der Waals surface area contributed by atoms with Crippen molar-refractivity contribution in [1.82, 2.24) is 4.72 Å². The number of nitrogens with one attached hydrogen (secondary N) is 1. The molecular weight excluding hydrogens is 290 g/mol. The van der Waals surface area contributed by atoms with Gasteiger partial charge in [-0.3, -0.25) is 0 Å². The van der Waals surface area contributed by atoms with Crippen molar-refractivity contribution in [2.75, 3.05) is 13.7 Å². The number of carbonyl (C=O) groups is 1. The summed E-state index contributed by atoms with van der Waals surface area (Å²) >= 11 is 1.02. The van der Waals surface area contributed by atoms with Crippen molar-refractivity contribution < 1.29 is 23.1 Å². The van der Waals surface area contributed by atoms with Crippen molar-refractivity contribution in [2.24, 2.45) is 0 Å². The van der Waals surface area contributed by atoms with Crippen LogP contribution in [-0.2, 0) is 14.8 Å². The van der Waals surface area contributed by atoms with Gasteiger partial charge in [0.2, 0.25) is 10.0 Å². The van der Waals surface area contributed by atoms with Gasteiger partial charge in [0.15, 0.2) is 0 Å². The third-order valence-corrected chi connectivity index (χ3v) is 5.51. The van der Waals surface area contributed by atoms with Crippen molar-refractivity contribution in [3.05, 3.63) is 15.8 Å². The van der Waals surface area contributed by atoms with Crippen molar-refractivity contribution in [3.63, 3.8) is 0 Å². The molecule has 0 saturated heterocycles. The number of aryl methyl sites for hydroxylation is 1. The molecule has 2 N–H and O–H groups in total. The fraction of sp³-hybridized carbons (Fsp3) is 0.545. The maximum absolute atomic E-state index is 12.3. The molecule has 1 heterocycles. The highest BCUT2D eigenvalue weighted by Crippen LogP contribution is 2.27. The molecule has 1 aromatic rings. The monoisotopic (exact) mass is 307 g/mol. The van der Waals surface area contributed by atoms with Gasteiger partial charge in [0, 0.05) is 6.04 Å². The Kier molecular flexibility index (Phi) is 5.48. The van der Waals surface area contributed by atoms with Crippen LogP contribution in [0.25, 0.3) is 0 Å². The van der Waals surface area contributed by atoms with Crippen molar-refractivity contribution in [3.8, 4) is 0 Å². The number of hydrogen-bond donors (Lipinski definition) is 2. The van der Waals surface area contributed by atoms with E-state index in [0.717, 1.165) is 11.3 Å². The van der Waals surface area contributed by atoms with E-state index < -0.39 is 22.0 Å². The van der Waals surface area contributed by atoms with Gasteiger partial charge in [0.05, 0.1) is 13.7 Å². The molecule has 0 fully saturated rings. The number of carbonyl (C=O) groups excluding carboxylic acids is 1. The van der Waals surface area contributed by atoms with E-state index in [9.17, 15) is 13.2 Å². The Morgan fingerprint density at radius 3 is 2.68 bits per heavy atom. The van der Waals surface area contributed by atoms with E-state index >= 15 is 0 Å². The Hall–Kier alpha value is -0.960. The summed E-state index contributed by atoms with van der Waals surface area (Å²) in [4.78, 5) is 11.5. The highest BCUT2D eigenvalue weighted by Gasteiger charge is 2.28. The Morgan fingerprint density at radius 2 is 2.21 bits per heavy atom. The molecule has 0 radical (unpaired) electrons. The lowest BCUT2D eigenvalue weighted by Gasteiger charge is -2.15. The van der Waals surface area contributed by atoms with Gasteiger partial charge in [-0.05, 0) is 24.3 Å². The third-order valence-electron chi connectivity index (χ3n) is 2.59.